The normalized spacial score (nSPS) is 18.4. The molecule has 0 saturated heterocycles. The van der Waals surface area contributed by atoms with Crippen LogP contribution in [0, 0.1) is 0 Å². The zero-order valence-electron chi connectivity index (χ0n) is 11.1. The van der Waals surface area contributed by atoms with Crippen molar-refractivity contribution in [3.05, 3.63) is 30.3 Å². The second kappa shape index (κ2) is 8.03. The van der Waals surface area contributed by atoms with E-state index in [-0.39, 0.29) is 0 Å². The largest absolute Gasteiger partial charge is 0.394 e. The maximum atomic E-state index is 11.7. The maximum absolute atomic E-state index is 11.7. The van der Waals surface area contributed by atoms with Gasteiger partial charge in [-0.15, -0.1) is 0 Å². The van der Waals surface area contributed by atoms with Gasteiger partial charge in [0.05, 0.1) is 6.61 Å². The fraction of sp³-hybridized carbons (Fsp3) is 0.462. The van der Waals surface area contributed by atoms with Gasteiger partial charge in [-0.3, -0.25) is 4.79 Å². The fourth-order valence-corrected chi connectivity index (χ4v) is 1.62. The lowest BCUT2D eigenvalue weighted by atomic mass is 9.99. The van der Waals surface area contributed by atoms with Crippen molar-refractivity contribution in [3.8, 4) is 0 Å². The van der Waals surface area contributed by atoms with Crippen molar-refractivity contribution in [1.29, 1.82) is 0 Å². The smallest absolute Gasteiger partial charge is 0.256 e. The Morgan fingerprint density at radius 2 is 1.52 bits per heavy atom. The minimum atomic E-state index is -2.04. The van der Waals surface area contributed by atoms with E-state index in [0.29, 0.717) is 5.69 Å². The topological polar surface area (TPSA) is 150 Å². The zero-order valence-corrected chi connectivity index (χ0v) is 11.1. The van der Waals surface area contributed by atoms with E-state index in [1.807, 2.05) is 0 Å². The van der Waals surface area contributed by atoms with Gasteiger partial charge in [0.25, 0.3) is 5.91 Å². The summed E-state index contributed by atoms with van der Waals surface area (Å²) in [5.74, 6) is -0.988. The number of hydrogen-bond acceptors (Lipinski definition) is 7. The Labute approximate surface area is 120 Å². The molecule has 0 heterocycles. The molecule has 118 valence electrons. The molecule has 0 saturated carbocycles. The number of hydrogen-bond donors (Lipinski definition) is 7. The molecule has 0 radical (unpaired) electrons. The number of para-hydroxylation sites is 1. The lowest BCUT2D eigenvalue weighted by molar-refractivity contribution is -0.153. The third-order valence-corrected chi connectivity index (χ3v) is 2.91. The van der Waals surface area contributed by atoms with E-state index >= 15 is 0 Å². The number of benzene rings is 1. The van der Waals surface area contributed by atoms with E-state index in [1.165, 1.54) is 0 Å². The van der Waals surface area contributed by atoms with Gasteiger partial charge in [0.1, 0.15) is 24.4 Å². The molecule has 8 nitrogen and oxygen atoms in total. The van der Waals surface area contributed by atoms with Gasteiger partial charge < -0.3 is 36.0 Å². The zero-order chi connectivity index (χ0) is 16.0. The predicted molar refractivity (Wildman–Crippen MR) is 72.2 cm³/mol. The summed E-state index contributed by atoms with van der Waals surface area (Å²) in [7, 11) is 0. The highest BCUT2D eigenvalue weighted by molar-refractivity contribution is 5.94. The molecular formula is C13H19NO7. The molecule has 0 bridgehead atoms. The summed E-state index contributed by atoms with van der Waals surface area (Å²) in [6.45, 7) is -0.850. The van der Waals surface area contributed by atoms with Crippen molar-refractivity contribution in [3.63, 3.8) is 0 Å². The Morgan fingerprint density at radius 3 is 2.05 bits per heavy atom. The summed E-state index contributed by atoms with van der Waals surface area (Å²) in [5, 5.41) is 58.3. The van der Waals surface area contributed by atoms with Gasteiger partial charge in [-0.2, -0.15) is 0 Å². The van der Waals surface area contributed by atoms with E-state index < -0.39 is 43.0 Å². The number of carbonyl (C=O) groups excluding carboxylic acids is 1. The summed E-state index contributed by atoms with van der Waals surface area (Å²) < 4.78 is 0. The highest BCUT2D eigenvalue weighted by Gasteiger charge is 2.37. The van der Waals surface area contributed by atoms with Gasteiger partial charge >= 0.3 is 0 Å². The van der Waals surface area contributed by atoms with Crippen molar-refractivity contribution in [2.45, 2.75) is 30.5 Å². The Hall–Kier alpha value is -1.55. The molecule has 1 rings (SSSR count). The van der Waals surface area contributed by atoms with Crippen LogP contribution in [0.25, 0.3) is 0 Å². The van der Waals surface area contributed by atoms with Crippen molar-refractivity contribution in [2.75, 3.05) is 11.9 Å². The van der Waals surface area contributed by atoms with Crippen molar-refractivity contribution in [2.24, 2.45) is 0 Å². The van der Waals surface area contributed by atoms with Crippen LogP contribution in [0.3, 0.4) is 0 Å². The van der Waals surface area contributed by atoms with Gasteiger partial charge in [0, 0.05) is 5.69 Å². The third-order valence-electron chi connectivity index (χ3n) is 2.91. The minimum Gasteiger partial charge on any atom is -0.394 e. The van der Waals surface area contributed by atoms with Gasteiger partial charge in [-0.05, 0) is 12.1 Å². The SMILES string of the molecule is O=C(Nc1ccccc1)[C@@H](O)[C@H](O)[C@H](O)[C@H](O)[C@H](O)CO. The van der Waals surface area contributed by atoms with E-state index in [9.17, 15) is 25.2 Å². The Morgan fingerprint density at radius 1 is 0.952 bits per heavy atom. The predicted octanol–water partition coefficient (Wildman–Crippen LogP) is -2.58. The first kappa shape index (κ1) is 17.5. The molecule has 0 fully saturated rings. The summed E-state index contributed by atoms with van der Waals surface area (Å²) >= 11 is 0. The number of aliphatic hydroxyl groups is 6. The highest BCUT2D eigenvalue weighted by atomic mass is 16.4. The standard InChI is InChI=1S/C13H19NO7/c15-6-8(16)9(17)10(18)11(19)12(20)13(21)14-7-4-2-1-3-5-7/h1-5,8-12,15-20H,6H2,(H,14,21)/t8-,9-,10-,11-,12+/m1/s1. The first-order valence-electron chi connectivity index (χ1n) is 6.25. The quantitative estimate of drug-likeness (QED) is 0.292. The van der Waals surface area contributed by atoms with Crippen molar-refractivity contribution in [1.82, 2.24) is 0 Å². The van der Waals surface area contributed by atoms with Crippen LogP contribution in [0.1, 0.15) is 0 Å². The molecule has 5 atom stereocenters. The number of rotatable bonds is 7. The monoisotopic (exact) mass is 301 g/mol. The number of carbonyl (C=O) groups is 1. The average molecular weight is 301 g/mol. The molecule has 21 heavy (non-hydrogen) atoms. The lowest BCUT2D eigenvalue weighted by Gasteiger charge is -2.27. The van der Waals surface area contributed by atoms with Crippen molar-refractivity contribution >= 4 is 11.6 Å². The van der Waals surface area contributed by atoms with Crippen LogP contribution in [0.5, 0.6) is 0 Å². The molecule has 0 aromatic heterocycles. The van der Waals surface area contributed by atoms with Crippen LogP contribution >= 0.6 is 0 Å². The molecular weight excluding hydrogens is 282 g/mol. The van der Waals surface area contributed by atoms with E-state index in [2.05, 4.69) is 5.32 Å². The Kier molecular flexibility index (Phi) is 6.69. The second-order valence-corrected chi connectivity index (χ2v) is 4.52. The van der Waals surface area contributed by atoms with Crippen LogP contribution < -0.4 is 5.32 Å². The number of amides is 1. The molecule has 1 aromatic carbocycles. The Balaban J connectivity index is 2.64. The highest BCUT2D eigenvalue weighted by Crippen LogP contribution is 2.11. The van der Waals surface area contributed by atoms with Gasteiger partial charge in [0.2, 0.25) is 0 Å². The van der Waals surface area contributed by atoms with Crippen LogP contribution in [-0.4, -0.2) is 73.7 Å². The molecule has 0 unspecified atom stereocenters. The molecule has 0 aliphatic carbocycles. The second-order valence-electron chi connectivity index (χ2n) is 4.52. The van der Waals surface area contributed by atoms with Crippen LogP contribution in [0.15, 0.2) is 30.3 Å². The summed E-state index contributed by atoms with van der Waals surface area (Å²) in [6.07, 6.45) is -9.70. The molecule has 1 amide bonds. The van der Waals surface area contributed by atoms with E-state index in [4.69, 9.17) is 10.2 Å². The molecule has 1 aromatic rings. The third kappa shape index (κ3) is 4.74. The van der Waals surface area contributed by atoms with Gasteiger partial charge in [-0.25, -0.2) is 0 Å². The van der Waals surface area contributed by atoms with Gasteiger partial charge in [-0.1, -0.05) is 18.2 Å². The number of anilines is 1. The van der Waals surface area contributed by atoms with Gasteiger partial charge in [0.15, 0.2) is 6.10 Å². The van der Waals surface area contributed by atoms with E-state index in [1.54, 1.807) is 30.3 Å². The molecule has 7 N–H and O–H groups in total. The number of nitrogens with one attached hydrogen (secondary N) is 1. The maximum Gasteiger partial charge on any atom is 0.256 e. The fourth-order valence-electron chi connectivity index (χ4n) is 1.62. The Bertz CT molecular complexity index is 441. The average Bonchev–Trinajstić information content (AvgIpc) is 2.52. The molecule has 0 aliphatic heterocycles. The molecule has 0 aliphatic rings. The molecule has 0 spiro atoms. The van der Waals surface area contributed by atoms with Crippen LogP contribution in [0.2, 0.25) is 0 Å². The summed E-state index contributed by atoms with van der Waals surface area (Å²) in [4.78, 5) is 11.7. The van der Waals surface area contributed by atoms with E-state index in [0.717, 1.165) is 0 Å². The summed E-state index contributed by atoms with van der Waals surface area (Å²) in [6, 6.07) is 8.12. The first-order valence-corrected chi connectivity index (χ1v) is 6.25. The molecule has 8 heteroatoms. The summed E-state index contributed by atoms with van der Waals surface area (Å²) in [5.41, 5.74) is 0.374. The lowest BCUT2D eigenvalue weighted by Crippen LogP contribution is -2.52. The van der Waals surface area contributed by atoms with Crippen molar-refractivity contribution < 1.29 is 35.4 Å². The van der Waals surface area contributed by atoms with Crippen LogP contribution in [0.4, 0.5) is 5.69 Å². The number of aliphatic hydroxyl groups excluding tert-OH is 6. The first-order chi connectivity index (χ1) is 9.88. The van der Waals surface area contributed by atoms with Crippen LogP contribution in [-0.2, 0) is 4.79 Å². The minimum absolute atomic E-state index is 0.374.